The molecule has 2 rings (SSSR count). The Morgan fingerprint density at radius 3 is 2.89 bits per heavy atom. The molecule has 1 aliphatic rings. The van der Waals surface area contributed by atoms with Crippen LogP contribution in [0.5, 0.6) is 0 Å². The maximum absolute atomic E-state index is 12.3. The molecule has 4 heteroatoms. The average Bonchev–Trinajstić information content (AvgIpc) is 2.82. The van der Waals surface area contributed by atoms with E-state index in [0.29, 0.717) is 24.4 Å². The minimum absolute atomic E-state index is 0.0397. The Kier molecular flexibility index (Phi) is 4.42. The van der Waals surface area contributed by atoms with Crippen LogP contribution < -0.4 is 0 Å². The lowest BCUT2D eigenvalue weighted by molar-refractivity contribution is -0.00315. The number of carbonyl (C=O) groups is 1. The van der Waals surface area contributed by atoms with Crippen LogP contribution in [-0.2, 0) is 4.74 Å². The molecule has 0 saturated carbocycles. The van der Waals surface area contributed by atoms with E-state index >= 15 is 0 Å². The molecule has 0 bridgehead atoms. The fourth-order valence-electron chi connectivity index (χ4n) is 2.33. The fourth-order valence-corrected chi connectivity index (χ4v) is 2.33. The zero-order chi connectivity index (χ0) is 13.0. The van der Waals surface area contributed by atoms with E-state index < -0.39 is 0 Å². The van der Waals surface area contributed by atoms with Gasteiger partial charge in [0, 0.05) is 19.7 Å². The second-order valence-electron chi connectivity index (χ2n) is 4.72. The smallest absolute Gasteiger partial charge is 0.257 e. The van der Waals surface area contributed by atoms with Crippen LogP contribution in [0.3, 0.4) is 0 Å². The summed E-state index contributed by atoms with van der Waals surface area (Å²) in [5, 5.41) is 0. The zero-order valence-electron chi connectivity index (χ0n) is 11.1. The van der Waals surface area contributed by atoms with E-state index in [2.05, 4.69) is 0 Å². The first kappa shape index (κ1) is 13.1. The number of likely N-dealkylation sites (N-methyl/N-ethyl adjacent to an activating group) is 1. The highest BCUT2D eigenvalue weighted by atomic mass is 16.5. The standard InChI is InChI=1S/C14H21NO3/c1-3-15(10-12-6-4-5-8-18-12)14(16)13-7-9-17-11(13)2/h7,9,12H,3-6,8,10H2,1-2H3/t12-/m0/s1. The summed E-state index contributed by atoms with van der Waals surface area (Å²) in [5.41, 5.74) is 0.660. The van der Waals surface area contributed by atoms with Gasteiger partial charge in [-0.2, -0.15) is 0 Å². The predicted octanol–water partition coefficient (Wildman–Crippen LogP) is 2.62. The van der Waals surface area contributed by atoms with Crippen molar-refractivity contribution in [1.29, 1.82) is 0 Å². The van der Waals surface area contributed by atoms with Crippen molar-refractivity contribution in [2.75, 3.05) is 19.7 Å². The number of furan rings is 1. The molecule has 1 amide bonds. The summed E-state index contributed by atoms with van der Waals surface area (Å²) in [5.74, 6) is 0.723. The third kappa shape index (κ3) is 2.93. The number of amides is 1. The van der Waals surface area contributed by atoms with Gasteiger partial charge in [0.1, 0.15) is 5.76 Å². The van der Waals surface area contributed by atoms with E-state index in [0.717, 1.165) is 19.4 Å². The van der Waals surface area contributed by atoms with Gasteiger partial charge < -0.3 is 14.1 Å². The summed E-state index contributed by atoms with van der Waals surface area (Å²) in [6, 6.07) is 1.74. The zero-order valence-corrected chi connectivity index (χ0v) is 11.1. The molecule has 18 heavy (non-hydrogen) atoms. The summed E-state index contributed by atoms with van der Waals surface area (Å²) in [6.45, 7) is 6.01. The van der Waals surface area contributed by atoms with Crippen molar-refractivity contribution < 1.29 is 13.9 Å². The Hall–Kier alpha value is -1.29. The van der Waals surface area contributed by atoms with Crippen LogP contribution >= 0.6 is 0 Å². The van der Waals surface area contributed by atoms with Crippen molar-refractivity contribution in [1.82, 2.24) is 4.90 Å². The van der Waals surface area contributed by atoms with E-state index in [1.165, 1.54) is 6.42 Å². The Balaban J connectivity index is 1.99. The number of aryl methyl sites for hydroxylation is 1. The second-order valence-corrected chi connectivity index (χ2v) is 4.72. The first-order chi connectivity index (χ1) is 8.72. The molecule has 0 radical (unpaired) electrons. The third-order valence-electron chi connectivity index (χ3n) is 3.46. The minimum atomic E-state index is 0.0397. The molecule has 0 spiro atoms. The molecule has 1 aromatic heterocycles. The highest BCUT2D eigenvalue weighted by Crippen LogP contribution is 2.17. The summed E-state index contributed by atoms with van der Waals surface area (Å²) in [4.78, 5) is 14.2. The molecule has 1 fully saturated rings. The monoisotopic (exact) mass is 251 g/mol. The van der Waals surface area contributed by atoms with E-state index in [1.807, 2.05) is 18.7 Å². The largest absolute Gasteiger partial charge is 0.469 e. The molecule has 0 N–H and O–H groups in total. The number of carbonyl (C=O) groups excluding carboxylic acids is 1. The first-order valence-electron chi connectivity index (χ1n) is 6.67. The van der Waals surface area contributed by atoms with Crippen molar-refractivity contribution in [3.05, 3.63) is 23.7 Å². The maximum Gasteiger partial charge on any atom is 0.257 e. The van der Waals surface area contributed by atoms with E-state index in [9.17, 15) is 4.79 Å². The van der Waals surface area contributed by atoms with Crippen molar-refractivity contribution in [2.24, 2.45) is 0 Å². The summed E-state index contributed by atoms with van der Waals surface area (Å²) in [7, 11) is 0. The molecule has 0 unspecified atom stereocenters. The quantitative estimate of drug-likeness (QED) is 0.826. The van der Waals surface area contributed by atoms with E-state index in [4.69, 9.17) is 9.15 Å². The van der Waals surface area contributed by atoms with Gasteiger partial charge in [-0.05, 0) is 39.2 Å². The Morgan fingerprint density at radius 1 is 1.50 bits per heavy atom. The van der Waals surface area contributed by atoms with Crippen LogP contribution in [0.2, 0.25) is 0 Å². The van der Waals surface area contributed by atoms with Crippen LogP contribution in [-0.4, -0.2) is 36.6 Å². The predicted molar refractivity (Wildman–Crippen MR) is 68.6 cm³/mol. The Bertz CT molecular complexity index is 393. The Morgan fingerprint density at radius 2 is 2.33 bits per heavy atom. The van der Waals surface area contributed by atoms with Crippen LogP contribution in [0.4, 0.5) is 0 Å². The lowest BCUT2D eigenvalue weighted by Crippen LogP contribution is -2.39. The van der Waals surface area contributed by atoms with Gasteiger partial charge in [-0.3, -0.25) is 4.79 Å². The molecule has 1 aliphatic heterocycles. The lowest BCUT2D eigenvalue weighted by atomic mass is 10.1. The van der Waals surface area contributed by atoms with E-state index in [1.54, 1.807) is 12.3 Å². The molecule has 4 nitrogen and oxygen atoms in total. The summed E-state index contributed by atoms with van der Waals surface area (Å²) < 4.78 is 10.9. The number of ether oxygens (including phenoxy) is 1. The fraction of sp³-hybridized carbons (Fsp3) is 0.643. The maximum atomic E-state index is 12.3. The lowest BCUT2D eigenvalue weighted by Gasteiger charge is -2.29. The number of hydrogen-bond donors (Lipinski definition) is 0. The first-order valence-corrected chi connectivity index (χ1v) is 6.67. The molecule has 1 saturated heterocycles. The molecule has 0 aliphatic carbocycles. The van der Waals surface area contributed by atoms with Crippen molar-refractivity contribution in [2.45, 2.75) is 39.2 Å². The van der Waals surface area contributed by atoms with Gasteiger partial charge in [-0.15, -0.1) is 0 Å². The number of nitrogens with zero attached hydrogens (tertiary/aromatic N) is 1. The summed E-state index contributed by atoms with van der Waals surface area (Å²) in [6.07, 6.45) is 5.13. The van der Waals surface area contributed by atoms with Gasteiger partial charge >= 0.3 is 0 Å². The average molecular weight is 251 g/mol. The van der Waals surface area contributed by atoms with Crippen LogP contribution in [0, 0.1) is 6.92 Å². The molecule has 1 atom stereocenters. The number of rotatable bonds is 4. The molecule has 0 aromatic carbocycles. The summed E-state index contributed by atoms with van der Waals surface area (Å²) >= 11 is 0. The SMILES string of the molecule is CCN(C[C@@H]1CCCCO1)C(=O)c1ccoc1C. The molecule has 1 aromatic rings. The molecular formula is C14H21NO3. The Labute approximate surface area is 108 Å². The molecule has 100 valence electrons. The normalized spacial score (nSPS) is 19.8. The van der Waals surface area contributed by atoms with E-state index in [-0.39, 0.29) is 12.0 Å². The van der Waals surface area contributed by atoms with Gasteiger partial charge in [-0.25, -0.2) is 0 Å². The molecule has 2 heterocycles. The van der Waals surface area contributed by atoms with Crippen LogP contribution in [0.1, 0.15) is 42.3 Å². The number of hydrogen-bond acceptors (Lipinski definition) is 3. The molecular weight excluding hydrogens is 230 g/mol. The van der Waals surface area contributed by atoms with Gasteiger partial charge in [0.15, 0.2) is 0 Å². The van der Waals surface area contributed by atoms with Gasteiger partial charge in [0.2, 0.25) is 0 Å². The van der Waals surface area contributed by atoms with Crippen LogP contribution in [0.15, 0.2) is 16.7 Å². The van der Waals surface area contributed by atoms with Gasteiger partial charge in [-0.1, -0.05) is 0 Å². The third-order valence-corrected chi connectivity index (χ3v) is 3.46. The van der Waals surface area contributed by atoms with Crippen molar-refractivity contribution in [3.63, 3.8) is 0 Å². The van der Waals surface area contributed by atoms with Crippen molar-refractivity contribution >= 4 is 5.91 Å². The minimum Gasteiger partial charge on any atom is -0.469 e. The van der Waals surface area contributed by atoms with Crippen LogP contribution in [0.25, 0.3) is 0 Å². The highest BCUT2D eigenvalue weighted by molar-refractivity contribution is 5.95. The van der Waals surface area contributed by atoms with Gasteiger partial charge in [0.25, 0.3) is 5.91 Å². The second kappa shape index (κ2) is 6.05. The van der Waals surface area contributed by atoms with Crippen molar-refractivity contribution in [3.8, 4) is 0 Å². The van der Waals surface area contributed by atoms with Gasteiger partial charge in [0.05, 0.1) is 17.9 Å². The topological polar surface area (TPSA) is 42.7 Å². The highest BCUT2D eigenvalue weighted by Gasteiger charge is 2.23.